The van der Waals surface area contributed by atoms with Crippen LogP contribution in [0.15, 0.2) is 0 Å². The SMILES string of the molecule is CC(C)[C@H](NC(=O)C1CC1(C)C)C(=O)OC(C)(C)C. The molecule has 0 bridgehead atoms. The summed E-state index contributed by atoms with van der Waals surface area (Å²) in [7, 11) is 0. The molecule has 110 valence electrons. The van der Waals surface area contributed by atoms with E-state index in [0.29, 0.717) is 0 Å². The van der Waals surface area contributed by atoms with Crippen molar-refractivity contribution in [1.82, 2.24) is 5.32 Å². The molecule has 4 heteroatoms. The fraction of sp³-hybridized carbons (Fsp3) is 0.867. The molecule has 1 aliphatic carbocycles. The summed E-state index contributed by atoms with van der Waals surface area (Å²) in [6, 6.07) is -0.567. The smallest absolute Gasteiger partial charge is 0.329 e. The highest BCUT2D eigenvalue weighted by Crippen LogP contribution is 2.51. The lowest BCUT2D eigenvalue weighted by molar-refractivity contribution is -0.160. The maximum Gasteiger partial charge on any atom is 0.329 e. The van der Waals surface area contributed by atoms with Crippen LogP contribution in [0.1, 0.15) is 54.9 Å². The van der Waals surface area contributed by atoms with Gasteiger partial charge in [-0.1, -0.05) is 27.7 Å². The topological polar surface area (TPSA) is 55.4 Å². The van der Waals surface area contributed by atoms with Gasteiger partial charge in [0.05, 0.1) is 0 Å². The molecule has 0 spiro atoms. The first-order valence-electron chi connectivity index (χ1n) is 6.97. The van der Waals surface area contributed by atoms with Gasteiger partial charge in [-0.2, -0.15) is 0 Å². The summed E-state index contributed by atoms with van der Waals surface area (Å²) in [5.74, 6) is -0.347. The Balaban J connectivity index is 2.64. The molecule has 2 atom stereocenters. The maximum atomic E-state index is 12.1. The summed E-state index contributed by atoms with van der Waals surface area (Å²) < 4.78 is 5.36. The Morgan fingerprint density at radius 3 is 2.05 bits per heavy atom. The lowest BCUT2D eigenvalue weighted by atomic mass is 10.0. The Bertz CT molecular complexity index is 366. The molecule has 0 aromatic carbocycles. The molecule has 0 aromatic heterocycles. The lowest BCUT2D eigenvalue weighted by Gasteiger charge is -2.26. The van der Waals surface area contributed by atoms with Crippen molar-refractivity contribution in [2.45, 2.75) is 66.5 Å². The van der Waals surface area contributed by atoms with E-state index >= 15 is 0 Å². The van der Waals surface area contributed by atoms with Crippen molar-refractivity contribution < 1.29 is 14.3 Å². The van der Waals surface area contributed by atoms with Gasteiger partial charge in [0, 0.05) is 5.92 Å². The van der Waals surface area contributed by atoms with E-state index in [4.69, 9.17) is 4.74 Å². The Morgan fingerprint density at radius 1 is 1.26 bits per heavy atom. The molecule has 0 radical (unpaired) electrons. The molecule has 1 fully saturated rings. The first kappa shape index (κ1) is 16.0. The fourth-order valence-corrected chi connectivity index (χ4v) is 2.03. The van der Waals surface area contributed by atoms with Gasteiger partial charge >= 0.3 is 5.97 Å². The Labute approximate surface area is 116 Å². The molecule has 1 rings (SSSR count). The van der Waals surface area contributed by atoms with Gasteiger partial charge in [-0.05, 0) is 38.5 Å². The third-order valence-electron chi connectivity index (χ3n) is 3.46. The highest BCUT2D eigenvalue weighted by molar-refractivity contribution is 5.88. The zero-order valence-electron chi connectivity index (χ0n) is 13.2. The minimum absolute atomic E-state index is 0.0145. The van der Waals surface area contributed by atoms with Crippen molar-refractivity contribution in [1.29, 1.82) is 0 Å². The van der Waals surface area contributed by atoms with Gasteiger partial charge in [0.15, 0.2) is 0 Å². The molecule has 1 saturated carbocycles. The van der Waals surface area contributed by atoms with E-state index in [-0.39, 0.29) is 29.1 Å². The second-order valence-electron chi connectivity index (χ2n) is 7.51. The number of ether oxygens (including phenoxy) is 1. The van der Waals surface area contributed by atoms with Gasteiger partial charge < -0.3 is 10.1 Å². The molecule has 0 heterocycles. The van der Waals surface area contributed by atoms with E-state index in [1.165, 1.54) is 0 Å². The van der Waals surface area contributed by atoms with Crippen LogP contribution in [-0.4, -0.2) is 23.5 Å². The van der Waals surface area contributed by atoms with E-state index in [2.05, 4.69) is 19.2 Å². The Kier molecular flexibility index (Phi) is 4.33. The summed E-state index contributed by atoms with van der Waals surface area (Å²) in [4.78, 5) is 24.2. The van der Waals surface area contributed by atoms with Gasteiger partial charge in [0.2, 0.25) is 5.91 Å². The van der Waals surface area contributed by atoms with E-state index in [0.717, 1.165) is 6.42 Å². The third kappa shape index (κ3) is 4.51. The van der Waals surface area contributed by atoms with Crippen LogP contribution < -0.4 is 5.32 Å². The number of hydrogen-bond acceptors (Lipinski definition) is 3. The molecular formula is C15H27NO3. The first-order chi connectivity index (χ1) is 8.44. The monoisotopic (exact) mass is 269 g/mol. The Morgan fingerprint density at radius 2 is 1.74 bits per heavy atom. The number of hydrogen-bond donors (Lipinski definition) is 1. The number of amides is 1. The van der Waals surface area contributed by atoms with Crippen LogP contribution in [-0.2, 0) is 14.3 Å². The minimum atomic E-state index is -0.567. The molecule has 1 aliphatic rings. The number of carbonyl (C=O) groups is 2. The summed E-state index contributed by atoms with van der Waals surface area (Å²) in [6.45, 7) is 13.4. The minimum Gasteiger partial charge on any atom is -0.458 e. The number of carbonyl (C=O) groups excluding carboxylic acids is 2. The van der Waals surface area contributed by atoms with Crippen molar-refractivity contribution in [2.24, 2.45) is 17.3 Å². The molecule has 1 unspecified atom stereocenters. The lowest BCUT2D eigenvalue weighted by Crippen LogP contribution is -2.48. The van der Waals surface area contributed by atoms with Crippen LogP contribution in [0.25, 0.3) is 0 Å². The molecule has 0 aromatic rings. The molecule has 0 saturated heterocycles. The largest absolute Gasteiger partial charge is 0.458 e. The molecular weight excluding hydrogens is 242 g/mol. The van der Waals surface area contributed by atoms with Crippen LogP contribution in [0.2, 0.25) is 0 Å². The Hall–Kier alpha value is -1.06. The van der Waals surface area contributed by atoms with E-state index < -0.39 is 11.6 Å². The number of rotatable bonds is 4. The van der Waals surface area contributed by atoms with Crippen LogP contribution in [0.5, 0.6) is 0 Å². The third-order valence-corrected chi connectivity index (χ3v) is 3.46. The summed E-state index contributed by atoms with van der Waals surface area (Å²) >= 11 is 0. The van der Waals surface area contributed by atoms with Crippen molar-refractivity contribution >= 4 is 11.9 Å². The highest BCUT2D eigenvalue weighted by Gasteiger charge is 2.51. The van der Waals surface area contributed by atoms with Crippen molar-refractivity contribution in [3.8, 4) is 0 Å². The molecule has 1 N–H and O–H groups in total. The van der Waals surface area contributed by atoms with Crippen molar-refractivity contribution in [3.05, 3.63) is 0 Å². The first-order valence-corrected chi connectivity index (χ1v) is 6.97. The molecule has 19 heavy (non-hydrogen) atoms. The average Bonchev–Trinajstić information content (AvgIpc) is 2.80. The van der Waals surface area contributed by atoms with Crippen LogP contribution in [0, 0.1) is 17.3 Å². The fourth-order valence-electron chi connectivity index (χ4n) is 2.03. The average molecular weight is 269 g/mol. The van der Waals surface area contributed by atoms with Crippen LogP contribution in [0.4, 0.5) is 0 Å². The normalized spacial score (nSPS) is 22.8. The molecule has 0 aliphatic heterocycles. The van der Waals surface area contributed by atoms with Crippen molar-refractivity contribution in [3.63, 3.8) is 0 Å². The van der Waals surface area contributed by atoms with Crippen LogP contribution in [0.3, 0.4) is 0 Å². The van der Waals surface area contributed by atoms with Gasteiger partial charge in [-0.15, -0.1) is 0 Å². The summed E-state index contributed by atoms with van der Waals surface area (Å²) in [6.07, 6.45) is 0.887. The van der Waals surface area contributed by atoms with E-state index in [9.17, 15) is 9.59 Å². The zero-order valence-corrected chi connectivity index (χ0v) is 13.2. The predicted molar refractivity (Wildman–Crippen MR) is 74.5 cm³/mol. The summed E-state index contributed by atoms with van der Waals surface area (Å²) in [5.41, 5.74) is -0.465. The van der Waals surface area contributed by atoms with E-state index in [1.807, 2.05) is 34.6 Å². The maximum absolute atomic E-state index is 12.1. The molecule has 4 nitrogen and oxygen atoms in total. The van der Waals surface area contributed by atoms with Gasteiger partial charge in [0.1, 0.15) is 11.6 Å². The quantitative estimate of drug-likeness (QED) is 0.798. The second kappa shape index (κ2) is 5.14. The van der Waals surface area contributed by atoms with Crippen LogP contribution >= 0.6 is 0 Å². The van der Waals surface area contributed by atoms with Gasteiger partial charge in [0.25, 0.3) is 0 Å². The highest BCUT2D eigenvalue weighted by atomic mass is 16.6. The van der Waals surface area contributed by atoms with Gasteiger partial charge in [-0.3, -0.25) is 4.79 Å². The van der Waals surface area contributed by atoms with Gasteiger partial charge in [-0.25, -0.2) is 4.79 Å². The molecule has 1 amide bonds. The predicted octanol–water partition coefficient (Wildman–Crippen LogP) is 2.52. The zero-order chi connectivity index (χ0) is 15.0. The second-order valence-corrected chi connectivity index (χ2v) is 7.51. The van der Waals surface area contributed by atoms with E-state index in [1.54, 1.807) is 0 Å². The standard InChI is InChI=1S/C15H27NO3/c1-9(2)11(13(18)19-14(3,4)5)16-12(17)10-8-15(10,6)7/h9-11H,8H2,1-7H3,(H,16,17)/t10?,11-/m0/s1. The number of esters is 1. The number of nitrogens with one attached hydrogen (secondary N) is 1. The van der Waals surface area contributed by atoms with Crippen molar-refractivity contribution in [2.75, 3.05) is 0 Å². The summed E-state index contributed by atoms with van der Waals surface area (Å²) in [5, 5.41) is 2.84.